The van der Waals surface area contributed by atoms with Gasteiger partial charge in [-0.3, -0.25) is 0 Å². The Labute approximate surface area is 169 Å². The smallest absolute Gasteiger partial charge is 0.225 e. The van der Waals surface area contributed by atoms with Gasteiger partial charge in [0.1, 0.15) is 17.1 Å². The van der Waals surface area contributed by atoms with Crippen molar-refractivity contribution in [3.05, 3.63) is 38.8 Å². The monoisotopic (exact) mass is 472 g/mol. The van der Waals surface area contributed by atoms with Gasteiger partial charge in [0.2, 0.25) is 5.28 Å². The molecule has 0 saturated carbocycles. The molecule has 1 atom stereocenters. The fraction of sp³-hybridized carbons (Fsp3) is 0.286. The molecule has 24 heavy (non-hydrogen) atoms. The number of halogens is 4. The highest BCUT2D eigenvalue weighted by molar-refractivity contribution is 9.10. The summed E-state index contributed by atoms with van der Waals surface area (Å²) in [6, 6.07) is 3.83. The third kappa shape index (κ3) is 4.74. The Bertz CT molecular complexity index is 795. The minimum atomic E-state index is 0. The van der Waals surface area contributed by atoms with Gasteiger partial charge in [-0.25, -0.2) is 4.98 Å². The minimum Gasteiger partial charge on any atom is -0.467 e. The number of rotatable bonds is 5. The molecule has 3 heterocycles. The summed E-state index contributed by atoms with van der Waals surface area (Å²) in [6.07, 6.45) is 2.42. The molecule has 0 bridgehead atoms. The molecule has 0 radical (unpaired) electrons. The van der Waals surface area contributed by atoms with Crippen molar-refractivity contribution in [1.29, 1.82) is 0 Å². The molecule has 0 aliphatic rings. The molecule has 0 amide bonds. The van der Waals surface area contributed by atoms with E-state index in [4.69, 9.17) is 21.8 Å². The number of nitrogens with zero attached hydrogens (tertiary/aromatic N) is 2. The topological polar surface area (TPSA) is 77.0 Å². The third-order valence-corrected chi connectivity index (χ3v) is 5.53. The van der Waals surface area contributed by atoms with E-state index in [2.05, 4.69) is 31.2 Å². The summed E-state index contributed by atoms with van der Waals surface area (Å²) in [6.45, 7) is 2.51. The Morgan fingerprint density at radius 2 is 2.17 bits per heavy atom. The lowest BCUT2D eigenvalue weighted by molar-refractivity contribution is 0.518. The molecular weight excluding hydrogens is 459 g/mol. The summed E-state index contributed by atoms with van der Waals surface area (Å²) in [7, 11) is 0. The second kappa shape index (κ2) is 9.22. The van der Waals surface area contributed by atoms with Crippen molar-refractivity contribution in [2.75, 3.05) is 5.32 Å². The molecule has 0 aliphatic carbocycles. The predicted octanol–water partition coefficient (Wildman–Crippen LogP) is 5.05. The van der Waals surface area contributed by atoms with Crippen LogP contribution in [0.4, 0.5) is 5.82 Å². The van der Waals surface area contributed by atoms with Crippen molar-refractivity contribution in [1.82, 2.24) is 9.97 Å². The van der Waals surface area contributed by atoms with Crippen LogP contribution >= 0.6 is 63.7 Å². The first kappa shape index (κ1) is 21.5. The molecular formula is C14H16BrCl3N4OS. The number of furan rings is 1. The van der Waals surface area contributed by atoms with E-state index in [1.54, 1.807) is 17.6 Å². The molecule has 3 aromatic rings. The van der Waals surface area contributed by atoms with Crippen molar-refractivity contribution in [2.45, 2.75) is 25.9 Å². The highest BCUT2D eigenvalue weighted by Gasteiger charge is 2.17. The normalized spacial score (nSPS) is 11.7. The van der Waals surface area contributed by atoms with Crippen LogP contribution in [0.5, 0.6) is 0 Å². The summed E-state index contributed by atoms with van der Waals surface area (Å²) in [4.78, 5) is 9.76. The van der Waals surface area contributed by atoms with Crippen LogP contribution in [0.2, 0.25) is 5.28 Å². The molecule has 5 nitrogen and oxygen atoms in total. The minimum absolute atomic E-state index is 0. The molecule has 0 spiro atoms. The van der Waals surface area contributed by atoms with Gasteiger partial charge in [0.25, 0.3) is 0 Å². The molecule has 3 N–H and O–H groups in total. The van der Waals surface area contributed by atoms with E-state index >= 15 is 0 Å². The quantitative estimate of drug-likeness (QED) is 0.506. The Kier molecular flexibility index (Phi) is 8.25. The lowest BCUT2D eigenvalue weighted by Gasteiger charge is -2.05. The first-order valence-corrected chi connectivity index (χ1v) is 8.69. The van der Waals surface area contributed by atoms with Gasteiger partial charge in [-0.15, -0.1) is 36.2 Å². The Morgan fingerprint density at radius 1 is 1.42 bits per heavy atom. The first-order chi connectivity index (χ1) is 10.5. The second-order valence-corrected chi connectivity index (χ2v) is 7.21. The van der Waals surface area contributed by atoms with E-state index in [9.17, 15) is 0 Å². The fourth-order valence-electron chi connectivity index (χ4n) is 2.10. The summed E-state index contributed by atoms with van der Waals surface area (Å²) in [5, 5.41) is 3.46. The van der Waals surface area contributed by atoms with E-state index in [0.29, 0.717) is 12.4 Å². The zero-order chi connectivity index (χ0) is 15.7. The fourth-order valence-corrected chi connectivity index (χ4v) is 4.33. The Balaban J connectivity index is 0.00000144. The summed E-state index contributed by atoms with van der Waals surface area (Å²) in [5.74, 6) is 1.53. The maximum absolute atomic E-state index is 6.04. The first-order valence-electron chi connectivity index (χ1n) is 6.71. The number of nitrogens with one attached hydrogen (secondary N) is 1. The van der Waals surface area contributed by atoms with Crippen molar-refractivity contribution in [2.24, 2.45) is 5.73 Å². The highest BCUT2D eigenvalue weighted by atomic mass is 79.9. The van der Waals surface area contributed by atoms with Crippen molar-refractivity contribution in [3.63, 3.8) is 0 Å². The van der Waals surface area contributed by atoms with Crippen LogP contribution in [-0.4, -0.2) is 16.0 Å². The van der Waals surface area contributed by atoms with Gasteiger partial charge in [-0.05, 0) is 53.0 Å². The number of nitrogens with two attached hydrogens (primary N) is 1. The number of anilines is 1. The van der Waals surface area contributed by atoms with Gasteiger partial charge >= 0.3 is 0 Å². The average Bonchev–Trinajstić information content (AvgIpc) is 3.07. The zero-order valence-corrected chi connectivity index (χ0v) is 17.4. The Morgan fingerprint density at radius 3 is 2.79 bits per heavy atom. The van der Waals surface area contributed by atoms with E-state index in [1.807, 2.05) is 19.1 Å². The van der Waals surface area contributed by atoms with Gasteiger partial charge in [-0.2, -0.15) is 4.98 Å². The highest BCUT2D eigenvalue weighted by Crippen LogP contribution is 2.39. The van der Waals surface area contributed by atoms with Crippen LogP contribution < -0.4 is 11.1 Å². The van der Waals surface area contributed by atoms with Crippen LogP contribution in [0.25, 0.3) is 10.2 Å². The molecule has 0 aliphatic heterocycles. The third-order valence-electron chi connectivity index (χ3n) is 3.03. The zero-order valence-electron chi connectivity index (χ0n) is 12.6. The van der Waals surface area contributed by atoms with Gasteiger partial charge in [0, 0.05) is 10.9 Å². The maximum Gasteiger partial charge on any atom is 0.225 e. The second-order valence-electron chi connectivity index (χ2n) is 4.97. The Hall–Kier alpha value is -0.570. The molecule has 3 aromatic heterocycles. The number of aromatic nitrogens is 2. The summed E-state index contributed by atoms with van der Waals surface area (Å²) in [5.41, 5.74) is 6.71. The molecule has 10 heteroatoms. The van der Waals surface area contributed by atoms with Crippen LogP contribution in [0.15, 0.2) is 27.3 Å². The van der Waals surface area contributed by atoms with Crippen molar-refractivity contribution < 1.29 is 4.42 Å². The van der Waals surface area contributed by atoms with E-state index in [-0.39, 0.29) is 36.1 Å². The lowest BCUT2D eigenvalue weighted by Crippen LogP contribution is -2.17. The van der Waals surface area contributed by atoms with E-state index < -0.39 is 0 Å². The van der Waals surface area contributed by atoms with Gasteiger partial charge in [0.15, 0.2) is 0 Å². The van der Waals surface area contributed by atoms with E-state index in [0.717, 1.165) is 31.7 Å². The van der Waals surface area contributed by atoms with Gasteiger partial charge in [0.05, 0.1) is 22.0 Å². The largest absolute Gasteiger partial charge is 0.467 e. The molecule has 0 saturated heterocycles. The SMILES string of the molecule is CC(N)Cc1sc2c(NCc3ccco3)nc(Cl)nc2c1Br.Cl.Cl. The van der Waals surface area contributed by atoms with Gasteiger partial charge in [-0.1, -0.05) is 0 Å². The number of hydrogen-bond acceptors (Lipinski definition) is 6. The molecule has 132 valence electrons. The number of hydrogen-bond donors (Lipinski definition) is 2. The molecule has 3 rings (SSSR count). The van der Waals surface area contributed by atoms with Crippen LogP contribution in [-0.2, 0) is 13.0 Å². The van der Waals surface area contributed by atoms with Crippen molar-refractivity contribution in [3.8, 4) is 0 Å². The van der Waals surface area contributed by atoms with Gasteiger partial charge < -0.3 is 15.5 Å². The number of fused-ring (bicyclic) bond motifs is 1. The molecule has 0 aromatic carbocycles. The molecule has 0 fully saturated rings. The van der Waals surface area contributed by atoms with Crippen LogP contribution in [0.1, 0.15) is 17.6 Å². The molecule has 1 unspecified atom stereocenters. The van der Waals surface area contributed by atoms with Crippen molar-refractivity contribution >= 4 is 79.7 Å². The van der Waals surface area contributed by atoms with Crippen LogP contribution in [0, 0.1) is 0 Å². The predicted molar refractivity (Wildman–Crippen MR) is 108 cm³/mol. The number of thiophene rings is 1. The average molecular weight is 475 g/mol. The summed E-state index contributed by atoms with van der Waals surface area (Å²) >= 11 is 11.3. The van der Waals surface area contributed by atoms with Crippen LogP contribution in [0.3, 0.4) is 0 Å². The summed E-state index contributed by atoms with van der Waals surface area (Å²) < 4.78 is 7.21. The maximum atomic E-state index is 6.04. The standard InChI is InChI=1S/C14H14BrClN4OS.2ClH/c1-7(17)5-9-10(15)11-12(22-9)13(20-14(16)19-11)18-6-8-3-2-4-21-8;;/h2-4,7H,5-6,17H2,1H3,(H,18,19,20);2*1H. The lowest BCUT2D eigenvalue weighted by atomic mass is 10.2. The van der Waals surface area contributed by atoms with E-state index in [1.165, 1.54) is 0 Å².